The van der Waals surface area contributed by atoms with Crippen molar-refractivity contribution in [3.05, 3.63) is 65.7 Å². The van der Waals surface area contributed by atoms with Gasteiger partial charge >= 0.3 is 0 Å². The number of rotatable bonds is 10. The highest BCUT2D eigenvalue weighted by Crippen LogP contribution is 2.39. The second kappa shape index (κ2) is 10.2. The van der Waals surface area contributed by atoms with E-state index < -0.39 is 0 Å². The monoisotopic (exact) mass is 397 g/mol. The van der Waals surface area contributed by atoms with Gasteiger partial charge in [-0.3, -0.25) is 0 Å². The first-order valence-electron chi connectivity index (χ1n) is 10.6. The van der Waals surface area contributed by atoms with Gasteiger partial charge in [0.25, 0.3) is 0 Å². The van der Waals surface area contributed by atoms with E-state index in [0.717, 1.165) is 51.3 Å². The minimum atomic E-state index is -0.186. The van der Waals surface area contributed by atoms with Crippen LogP contribution in [0.4, 0.5) is 0 Å². The Kier molecular flexibility index (Phi) is 7.70. The van der Waals surface area contributed by atoms with Crippen molar-refractivity contribution in [3.8, 4) is 5.75 Å². The molecule has 4 nitrogen and oxygen atoms in total. The highest BCUT2D eigenvalue weighted by Gasteiger charge is 2.38. The van der Waals surface area contributed by atoms with E-state index in [-0.39, 0.29) is 11.0 Å². The van der Waals surface area contributed by atoms with Crippen molar-refractivity contribution in [2.75, 3.05) is 26.9 Å². The summed E-state index contributed by atoms with van der Waals surface area (Å²) in [6.07, 6.45) is 3.16. The number of hydrogen-bond donors (Lipinski definition) is 1. The van der Waals surface area contributed by atoms with Crippen LogP contribution in [-0.4, -0.2) is 32.5 Å². The summed E-state index contributed by atoms with van der Waals surface area (Å²) in [5.74, 6) is 0.895. The van der Waals surface area contributed by atoms with Crippen LogP contribution in [0.5, 0.6) is 5.75 Å². The van der Waals surface area contributed by atoms with Gasteiger partial charge in [0.05, 0.1) is 19.3 Å². The van der Waals surface area contributed by atoms with Gasteiger partial charge < -0.3 is 19.5 Å². The summed E-state index contributed by atoms with van der Waals surface area (Å²) in [5.41, 5.74) is 2.51. The molecule has 158 valence electrons. The number of nitrogens with one attached hydrogen (secondary N) is 1. The van der Waals surface area contributed by atoms with Crippen LogP contribution in [0, 0.1) is 5.41 Å². The van der Waals surface area contributed by atoms with Gasteiger partial charge in [-0.25, -0.2) is 0 Å². The minimum absolute atomic E-state index is 0.186. The van der Waals surface area contributed by atoms with Crippen LogP contribution < -0.4 is 10.1 Å². The Morgan fingerprint density at radius 2 is 1.66 bits per heavy atom. The molecule has 0 spiro atoms. The lowest BCUT2D eigenvalue weighted by Crippen LogP contribution is -2.44. The summed E-state index contributed by atoms with van der Waals surface area (Å²) in [5, 5.41) is 3.69. The molecule has 1 N–H and O–H groups in total. The molecule has 0 aromatic heterocycles. The van der Waals surface area contributed by atoms with Crippen LogP contribution in [0.2, 0.25) is 0 Å². The lowest BCUT2D eigenvalue weighted by atomic mass is 9.72. The van der Waals surface area contributed by atoms with Gasteiger partial charge in [-0.1, -0.05) is 42.5 Å². The van der Waals surface area contributed by atoms with Crippen LogP contribution in [0.25, 0.3) is 0 Å². The maximum absolute atomic E-state index is 6.35. The molecule has 0 atom stereocenters. The average molecular weight is 398 g/mol. The van der Waals surface area contributed by atoms with Gasteiger partial charge in [-0.2, -0.15) is 0 Å². The lowest BCUT2D eigenvalue weighted by Gasteiger charge is -2.43. The smallest absolute Gasteiger partial charge is 0.118 e. The molecule has 0 aliphatic carbocycles. The van der Waals surface area contributed by atoms with Crippen molar-refractivity contribution in [2.45, 2.75) is 51.9 Å². The lowest BCUT2D eigenvalue weighted by molar-refractivity contribution is -0.0845. The van der Waals surface area contributed by atoms with E-state index in [4.69, 9.17) is 14.2 Å². The van der Waals surface area contributed by atoms with Gasteiger partial charge in [0, 0.05) is 26.3 Å². The fraction of sp³-hybridized carbons (Fsp3) is 0.520. The summed E-state index contributed by atoms with van der Waals surface area (Å²) < 4.78 is 17.3. The van der Waals surface area contributed by atoms with Gasteiger partial charge in [0.15, 0.2) is 0 Å². The predicted octanol–water partition coefficient (Wildman–Crippen LogP) is 4.97. The summed E-state index contributed by atoms with van der Waals surface area (Å²) in [4.78, 5) is 0. The second-order valence-corrected chi connectivity index (χ2v) is 8.77. The Morgan fingerprint density at radius 3 is 2.31 bits per heavy atom. The quantitative estimate of drug-likeness (QED) is 0.615. The zero-order chi connectivity index (χ0) is 20.6. The van der Waals surface area contributed by atoms with Crippen LogP contribution in [0.1, 0.15) is 44.2 Å². The van der Waals surface area contributed by atoms with Crippen molar-refractivity contribution in [1.82, 2.24) is 5.32 Å². The summed E-state index contributed by atoms with van der Waals surface area (Å²) in [6, 6.07) is 18.7. The standard InChI is InChI=1S/C25H35NO3/c1-24(2,29-18-22-7-5-4-6-8-22)19-25(13-15-28-16-14-25)20-26-17-21-9-11-23(27-3)12-10-21/h4-12,26H,13-20H2,1-3H3. The predicted molar refractivity (Wildman–Crippen MR) is 117 cm³/mol. The van der Waals surface area contributed by atoms with Crippen LogP contribution in [-0.2, 0) is 22.6 Å². The van der Waals surface area contributed by atoms with Crippen LogP contribution in [0.15, 0.2) is 54.6 Å². The summed E-state index contributed by atoms with van der Waals surface area (Å²) >= 11 is 0. The van der Waals surface area contributed by atoms with Gasteiger partial charge in [0.2, 0.25) is 0 Å². The topological polar surface area (TPSA) is 39.7 Å². The van der Waals surface area contributed by atoms with E-state index in [1.165, 1.54) is 11.1 Å². The Morgan fingerprint density at radius 1 is 0.966 bits per heavy atom. The zero-order valence-corrected chi connectivity index (χ0v) is 18.1. The van der Waals surface area contributed by atoms with E-state index >= 15 is 0 Å². The molecule has 29 heavy (non-hydrogen) atoms. The normalized spacial score (nSPS) is 16.5. The van der Waals surface area contributed by atoms with E-state index in [1.54, 1.807) is 7.11 Å². The molecular formula is C25H35NO3. The second-order valence-electron chi connectivity index (χ2n) is 8.77. The van der Waals surface area contributed by atoms with Crippen molar-refractivity contribution >= 4 is 0 Å². The van der Waals surface area contributed by atoms with E-state index in [1.807, 2.05) is 18.2 Å². The maximum atomic E-state index is 6.35. The van der Waals surface area contributed by atoms with Crippen molar-refractivity contribution in [1.29, 1.82) is 0 Å². The minimum Gasteiger partial charge on any atom is -0.497 e. The number of ether oxygens (including phenoxy) is 3. The fourth-order valence-electron chi connectivity index (χ4n) is 4.24. The molecule has 1 heterocycles. The first kappa shape index (κ1) is 21.8. The van der Waals surface area contributed by atoms with Gasteiger partial charge in [0.1, 0.15) is 5.75 Å². The Hall–Kier alpha value is -1.88. The average Bonchev–Trinajstić information content (AvgIpc) is 2.74. The third-order valence-electron chi connectivity index (χ3n) is 5.81. The molecule has 2 aromatic rings. The van der Waals surface area contributed by atoms with Gasteiger partial charge in [-0.15, -0.1) is 0 Å². The van der Waals surface area contributed by atoms with Gasteiger partial charge in [-0.05, 0) is 61.8 Å². The molecular weight excluding hydrogens is 362 g/mol. The number of benzene rings is 2. The first-order chi connectivity index (χ1) is 14.0. The molecule has 4 heteroatoms. The van der Waals surface area contributed by atoms with E-state index in [2.05, 4.69) is 55.6 Å². The molecule has 1 aliphatic rings. The molecule has 0 amide bonds. The Bertz CT molecular complexity index is 721. The number of methoxy groups -OCH3 is 1. The molecule has 0 radical (unpaired) electrons. The molecule has 0 unspecified atom stereocenters. The summed E-state index contributed by atoms with van der Waals surface area (Å²) in [7, 11) is 1.70. The zero-order valence-electron chi connectivity index (χ0n) is 18.1. The molecule has 3 rings (SSSR count). The first-order valence-corrected chi connectivity index (χ1v) is 10.6. The SMILES string of the molecule is COc1ccc(CNCC2(CC(C)(C)OCc3ccccc3)CCOCC2)cc1. The summed E-state index contributed by atoms with van der Waals surface area (Å²) in [6.45, 7) is 8.59. The molecule has 0 bridgehead atoms. The van der Waals surface area contributed by atoms with Crippen LogP contribution in [0.3, 0.4) is 0 Å². The van der Waals surface area contributed by atoms with Crippen molar-refractivity contribution < 1.29 is 14.2 Å². The highest BCUT2D eigenvalue weighted by molar-refractivity contribution is 5.27. The Balaban J connectivity index is 1.56. The number of hydrogen-bond acceptors (Lipinski definition) is 4. The third-order valence-corrected chi connectivity index (χ3v) is 5.81. The maximum Gasteiger partial charge on any atom is 0.118 e. The largest absolute Gasteiger partial charge is 0.497 e. The fourth-order valence-corrected chi connectivity index (χ4v) is 4.24. The third kappa shape index (κ3) is 6.84. The molecule has 1 fully saturated rings. The van der Waals surface area contributed by atoms with E-state index in [0.29, 0.717) is 6.61 Å². The molecule has 1 aliphatic heterocycles. The highest BCUT2D eigenvalue weighted by atomic mass is 16.5. The molecule has 0 saturated carbocycles. The molecule has 1 saturated heterocycles. The van der Waals surface area contributed by atoms with E-state index in [9.17, 15) is 0 Å². The van der Waals surface area contributed by atoms with Crippen molar-refractivity contribution in [3.63, 3.8) is 0 Å². The van der Waals surface area contributed by atoms with Crippen molar-refractivity contribution in [2.24, 2.45) is 5.41 Å². The Labute approximate surface area is 175 Å². The molecule has 2 aromatic carbocycles. The van der Waals surface area contributed by atoms with Crippen LogP contribution >= 0.6 is 0 Å².